The molecule has 0 N–H and O–H groups in total. The van der Waals surface area contributed by atoms with Crippen LogP contribution in [0.5, 0.6) is 0 Å². The molecule has 11 heavy (non-hydrogen) atoms. The number of hydrogen-bond donors (Lipinski definition) is 0. The summed E-state index contributed by atoms with van der Waals surface area (Å²) in [6.45, 7) is 12.1. The van der Waals surface area contributed by atoms with E-state index in [0.717, 1.165) is 6.04 Å². The summed E-state index contributed by atoms with van der Waals surface area (Å²) < 4.78 is 0. The fourth-order valence-corrected chi connectivity index (χ4v) is 2.83. The molecule has 0 amide bonds. The first-order chi connectivity index (χ1) is 4.87. The molecule has 0 aromatic heterocycles. The van der Waals surface area contributed by atoms with Gasteiger partial charge in [-0.3, -0.25) is 4.79 Å². The quantitative estimate of drug-likeness (QED) is 0.468. The van der Waals surface area contributed by atoms with Crippen molar-refractivity contribution in [2.24, 2.45) is 5.92 Å². The predicted octanol–water partition coefficient (Wildman–Crippen LogP) is 2.72. The Morgan fingerprint density at radius 2 is 2.00 bits per heavy atom. The van der Waals surface area contributed by atoms with E-state index in [2.05, 4.69) is 26.2 Å². The van der Waals surface area contributed by atoms with Crippen molar-refractivity contribution >= 4 is 13.9 Å². The topological polar surface area (TPSA) is 17.1 Å². The molecular formula is C9H18OSi. The van der Waals surface area contributed by atoms with Gasteiger partial charge in [0.15, 0.2) is 0 Å². The second kappa shape index (κ2) is 3.86. The Balaban J connectivity index is 4.10. The standard InChI is InChI=1S/C9H18OSi/c1-6-9(8(2)10)7-11(3,4)5/h6,9H,1,7H2,2-5H3. The van der Waals surface area contributed by atoms with E-state index in [1.165, 1.54) is 0 Å². The van der Waals surface area contributed by atoms with Crippen molar-refractivity contribution in [1.29, 1.82) is 0 Å². The zero-order chi connectivity index (χ0) is 9.07. The largest absolute Gasteiger partial charge is 0.299 e. The van der Waals surface area contributed by atoms with Crippen LogP contribution in [-0.2, 0) is 4.79 Å². The third kappa shape index (κ3) is 4.96. The molecule has 0 aliphatic rings. The number of ketones is 1. The Morgan fingerprint density at radius 1 is 1.55 bits per heavy atom. The van der Waals surface area contributed by atoms with Crippen molar-refractivity contribution in [3.63, 3.8) is 0 Å². The lowest BCUT2D eigenvalue weighted by Crippen LogP contribution is -2.25. The minimum Gasteiger partial charge on any atom is -0.299 e. The van der Waals surface area contributed by atoms with Crippen LogP contribution >= 0.6 is 0 Å². The Kier molecular flexibility index (Phi) is 3.73. The van der Waals surface area contributed by atoms with Crippen molar-refractivity contribution in [1.82, 2.24) is 0 Å². The summed E-state index contributed by atoms with van der Waals surface area (Å²) in [7, 11) is -1.10. The molecule has 0 saturated carbocycles. The van der Waals surface area contributed by atoms with E-state index in [0.29, 0.717) is 0 Å². The molecule has 64 valence electrons. The smallest absolute Gasteiger partial charge is 0.136 e. The minimum atomic E-state index is -1.10. The Hall–Kier alpha value is -0.373. The van der Waals surface area contributed by atoms with Crippen molar-refractivity contribution in [3.05, 3.63) is 12.7 Å². The van der Waals surface area contributed by atoms with Gasteiger partial charge in [0.1, 0.15) is 5.78 Å². The molecule has 1 atom stereocenters. The molecule has 0 aromatic rings. The summed E-state index contributed by atoms with van der Waals surface area (Å²) in [5.41, 5.74) is 0. The van der Waals surface area contributed by atoms with Crippen LogP contribution in [0.1, 0.15) is 6.92 Å². The van der Waals surface area contributed by atoms with Gasteiger partial charge in [-0.1, -0.05) is 25.7 Å². The van der Waals surface area contributed by atoms with E-state index < -0.39 is 8.07 Å². The third-order valence-corrected chi connectivity index (χ3v) is 3.30. The maximum absolute atomic E-state index is 11.0. The van der Waals surface area contributed by atoms with Crippen LogP contribution in [0.15, 0.2) is 12.7 Å². The molecule has 0 spiro atoms. The first kappa shape index (κ1) is 10.6. The van der Waals surface area contributed by atoms with Gasteiger partial charge in [0.25, 0.3) is 0 Å². The highest BCUT2D eigenvalue weighted by molar-refractivity contribution is 6.76. The molecule has 0 aliphatic carbocycles. The first-order valence-electron chi connectivity index (χ1n) is 4.00. The lowest BCUT2D eigenvalue weighted by Gasteiger charge is -2.19. The van der Waals surface area contributed by atoms with Gasteiger partial charge >= 0.3 is 0 Å². The summed E-state index contributed by atoms with van der Waals surface area (Å²) in [6.07, 6.45) is 1.78. The number of carbonyl (C=O) groups is 1. The highest BCUT2D eigenvalue weighted by Gasteiger charge is 2.20. The normalized spacial score (nSPS) is 14.2. The van der Waals surface area contributed by atoms with Gasteiger partial charge in [-0.2, -0.15) is 0 Å². The Labute approximate surface area is 70.5 Å². The average Bonchev–Trinajstić information content (AvgIpc) is 1.80. The van der Waals surface area contributed by atoms with Crippen LogP contribution in [-0.4, -0.2) is 13.9 Å². The average molecular weight is 170 g/mol. The molecule has 0 bridgehead atoms. The van der Waals surface area contributed by atoms with E-state index in [9.17, 15) is 4.79 Å². The van der Waals surface area contributed by atoms with Crippen molar-refractivity contribution < 1.29 is 4.79 Å². The second-order valence-electron chi connectivity index (χ2n) is 4.22. The molecule has 0 aromatic carbocycles. The zero-order valence-electron chi connectivity index (χ0n) is 7.98. The predicted molar refractivity (Wildman–Crippen MR) is 52.5 cm³/mol. The summed E-state index contributed by atoms with van der Waals surface area (Å²) in [6, 6.07) is 1.03. The molecule has 1 nitrogen and oxygen atoms in total. The molecule has 2 heteroatoms. The third-order valence-electron chi connectivity index (χ3n) is 1.64. The maximum Gasteiger partial charge on any atom is 0.136 e. The lowest BCUT2D eigenvalue weighted by molar-refractivity contribution is -0.118. The second-order valence-corrected chi connectivity index (χ2v) is 9.75. The maximum atomic E-state index is 11.0. The number of carbonyl (C=O) groups excluding carboxylic acids is 1. The zero-order valence-corrected chi connectivity index (χ0v) is 8.98. The summed E-state index contributed by atoms with van der Waals surface area (Å²) in [4.78, 5) is 11.0. The molecule has 0 radical (unpaired) electrons. The highest BCUT2D eigenvalue weighted by atomic mass is 28.3. The van der Waals surface area contributed by atoms with Crippen molar-refractivity contribution in [3.8, 4) is 0 Å². The van der Waals surface area contributed by atoms with Crippen LogP contribution in [0.3, 0.4) is 0 Å². The fraction of sp³-hybridized carbons (Fsp3) is 0.667. The molecule has 0 aliphatic heterocycles. The monoisotopic (exact) mass is 170 g/mol. The molecular weight excluding hydrogens is 152 g/mol. The lowest BCUT2D eigenvalue weighted by atomic mass is 10.1. The van der Waals surface area contributed by atoms with Gasteiger partial charge in [0, 0.05) is 14.0 Å². The minimum absolute atomic E-state index is 0.0988. The van der Waals surface area contributed by atoms with E-state index in [-0.39, 0.29) is 11.7 Å². The summed E-state index contributed by atoms with van der Waals surface area (Å²) >= 11 is 0. The fourth-order valence-electron chi connectivity index (χ4n) is 1.05. The van der Waals surface area contributed by atoms with Gasteiger partial charge in [0.05, 0.1) is 0 Å². The number of hydrogen-bond acceptors (Lipinski definition) is 1. The van der Waals surface area contributed by atoms with Crippen LogP contribution in [0, 0.1) is 5.92 Å². The first-order valence-corrected chi connectivity index (χ1v) is 7.70. The number of Topliss-reactive ketones (excluding diaryl/α,β-unsaturated/α-hetero) is 1. The van der Waals surface area contributed by atoms with Gasteiger partial charge < -0.3 is 0 Å². The molecule has 0 rings (SSSR count). The highest BCUT2D eigenvalue weighted by Crippen LogP contribution is 2.18. The van der Waals surface area contributed by atoms with Crippen molar-refractivity contribution in [2.75, 3.05) is 0 Å². The van der Waals surface area contributed by atoms with Crippen LogP contribution in [0.4, 0.5) is 0 Å². The van der Waals surface area contributed by atoms with Gasteiger partial charge in [-0.15, -0.1) is 6.58 Å². The van der Waals surface area contributed by atoms with E-state index in [1.54, 1.807) is 13.0 Å². The number of rotatable bonds is 4. The van der Waals surface area contributed by atoms with Gasteiger partial charge in [0.2, 0.25) is 0 Å². The van der Waals surface area contributed by atoms with Crippen molar-refractivity contribution in [2.45, 2.75) is 32.6 Å². The SMILES string of the molecule is C=CC(C[Si](C)(C)C)C(C)=O. The van der Waals surface area contributed by atoms with Gasteiger partial charge in [-0.05, 0) is 13.0 Å². The van der Waals surface area contributed by atoms with Crippen LogP contribution in [0.2, 0.25) is 25.7 Å². The summed E-state index contributed by atoms with van der Waals surface area (Å²) in [5, 5.41) is 0. The molecule has 1 unspecified atom stereocenters. The van der Waals surface area contributed by atoms with Crippen LogP contribution in [0.25, 0.3) is 0 Å². The molecule has 0 saturated heterocycles. The van der Waals surface area contributed by atoms with E-state index in [1.807, 2.05) is 0 Å². The molecule has 0 fully saturated rings. The Morgan fingerprint density at radius 3 is 2.09 bits per heavy atom. The summed E-state index contributed by atoms with van der Waals surface area (Å²) in [5.74, 6) is 0.351. The van der Waals surface area contributed by atoms with Gasteiger partial charge in [-0.25, -0.2) is 0 Å². The van der Waals surface area contributed by atoms with Crippen LogP contribution < -0.4 is 0 Å². The van der Waals surface area contributed by atoms with E-state index in [4.69, 9.17) is 0 Å². The van der Waals surface area contributed by atoms with E-state index >= 15 is 0 Å². The molecule has 0 heterocycles. The number of allylic oxidation sites excluding steroid dienone is 1. The Bertz CT molecular complexity index is 155.